The molecule has 1 aliphatic heterocycles. The molecule has 2 aromatic rings. The van der Waals surface area contributed by atoms with E-state index in [1.54, 1.807) is 0 Å². The van der Waals surface area contributed by atoms with E-state index in [0.717, 1.165) is 11.3 Å². The number of nitrogens with zero attached hydrogens (tertiary/aromatic N) is 3. The van der Waals surface area contributed by atoms with Crippen molar-refractivity contribution in [3.63, 3.8) is 0 Å². The fraction of sp³-hybridized carbons (Fsp3) is 0.350. The zero-order valence-electron chi connectivity index (χ0n) is 16.3. The van der Waals surface area contributed by atoms with E-state index in [1.807, 2.05) is 43.3 Å². The van der Waals surface area contributed by atoms with Gasteiger partial charge in [-0.3, -0.25) is 14.9 Å². The number of non-ortho nitro benzene ring substituents is 1. The lowest BCUT2D eigenvalue weighted by Gasteiger charge is -2.28. The third kappa shape index (κ3) is 4.92. The first-order chi connectivity index (χ1) is 13.7. The lowest BCUT2D eigenvalue weighted by Crippen LogP contribution is -2.40. The number of amides is 1. The standard InChI is InChI=1S/C20H23N3O5S/c1-21(2)17-8-6-15(7-9-17)13-22(19-10-11-29(27,28)14-19)20(24)16-4-3-5-18(12-16)23(25)26/h3-9,12,19H,10-11,13-14H2,1-2H3. The summed E-state index contributed by atoms with van der Waals surface area (Å²) in [4.78, 5) is 27.2. The van der Waals surface area contributed by atoms with E-state index in [4.69, 9.17) is 0 Å². The fourth-order valence-corrected chi connectivity index (χ4v) is 5.13. The van der Waals surface area contributed by atoms with E-state index in [-0.39, 0.29) is 29.3 Å². The van der Waals surface area contributed by atoms with E-state index in [1.165, 1.54) is 29.2 Å². The number of rotatable bonds is 6. The summed E-state index contributed by atoms with van der Waals surface area (Å²) in [5, 5.41) is 11.1. The zero-order valence-corrected chi connectivity index (χ0v) is 17.1. The topological polar surface area (TPSA) is 101 Å². The van der Waals surface area contributed by atoms with Crippen LogP contribution in [0.4, 0.5) is 11.4 Å². The lowest BCUT2D eigenvalue weighted by atomic mass is 10.1. The summed E-state index contributed by atoms with van der Waals surface area (Å²) in [6.45, 7) is 0.232. The first kappa shape index (κ1) is 20.8. The number of benzene rings is 2. The molecule has 0 aromatic heterocycles. The van der Waals surface area contributed by atoms with Crippen molar-refractivity contribution in [3.8, 4) is 0 Å². The number of carbonyl (C=O) groups excluding carboxylic acids is 1. The normalized spacial score (nSPS) is 17.7. The summed E-state index contributed by atoms with van der Waals surface area (Å²) >= 11 is 0. The second-order valence-electron chi connectivity index (χ2n) is 7.36. The van der Waals surface area contributed by atoms with Gasteiger partial charge in [-0.2, -0.15) is 0 Å². The van der Waals surface area contributed by atoms with Gasteiger partial charge in [-0.15, -0.1) is 0 Å². The minimum Gasteiger partial charge on any atom is -0.378 e. The van der Waals surface area contributed by atoms with Crippen molar-refractivity contribution in [2.45, 2.75) is 19.0 Å². The number of sulfone groups is 1. The van der Waals surface area contributed by atoms with Crippen LogP contribution >= 0.6 is 0 Å². The van der Waals surface area contributed by atoms with Gasteiger partial charge < -0.3 is 9.80 Å². The van der Waals surface area contributed by atoms with E-state index in [2.05, 4.69) is 0 Å². The molecule has 1 amide bonds. The zero-order chi connectivity index (χ0) is 21.2. The minimum atomic E-state index is -3.20. The molecule has 154 valence electrons. The predicted octanol–water partition coefficient (Wildman–Crippen LogP) is 2.49. The van der Waals surface area contributed by atoms with Crippen LogP contribution in [0.1, 0.15) is 22.3 Å². The van der Waals surface area contributed by atoms with E-state index >= 15 is 0 Å². The average Bonchev–Trinajstić information content (AvgIpc) is 3.05. The van der Waals surface area contributed by atoms with Gasteiger partial charge in [-0.05, 0) is 30.2 Å². The van der Waals surface area contributed by atoms with Crippen molar-refractivity contribution in [2.75, 3.05) is 30.5 Å². The number of nitro groups is 1. The fourth-order valence-electron chi connectivity index (χ4n) is 3.40. The SMILES string of the molecule is CN(C)c1ccc(CN(C(=O)c2cccc([N+](=O)[O-])c2)C2CCS(=O)(=O)C2)cc1. The summed E-state index contributed by atoms with van der Waals surface area (Å²) in [5.74, 6) is -0.466. The molecular formula is C20H23N3O5S. The highest BCUT2D eigenvalue weighted by Crippen LogP contribution is 2.24. The Kier molecular flexibility index (Phi) is 5.88. The first-order valence-corrected chi connectivity index (χ1v) is 11.0. The van der Waals surface area contributed by atoms with Gasteiger partial charge in [0.1, 0.15) is 0 Å². The molecule has 1 atom stereocenters. The Bertz CT molecular complexity index is 1020. The molecule has 1 aliphatic rings. The third-order valence-corrected chi connectivity index (χ3v) is 6.77. The maximum atomic E-state index is 13.2. The first-order valence-electron chi connectivity index (χ1n) is 9.18. The molecule has 0 saturated carbocycles. The van der Waals surface area contributed by atoms with Crippen LogP contribution in [0.15, 0.2) is 48.5 Å². The smallest absolute Gasteiger partial charge is 0.270 e. The summed E-state index contributed by atoms with van der Waals surface area (Å²) in [6, 6.07) is 12.7. The van der Waals surface area contributed by atoms with Crippen molar-refractivity contribution in [3.05, 3.63) is 69.8 Å². The number of anilines is 1. The Morgan fingerprint density at radius 2 is 1.86 bits per heavy atom. The van der Waals surface area contributed by atoms with Crippen molar-refractivity contribution in [1.82, 2.24) is 4.90 Å². The molecule has 0 spiro atoms. The van der Waals surface area contributed by atoms with Crippen LogP contribution in [-0.4, -0.2) is 55.8 Å². The third-order valence-electron chi connectivity index (χ3n) is 5.02. The molecule has 0 aliphatic carbocycles. The van der Waals surface area contributed by atoms with Gasteiger partial charge in [0.25, 0.3) is 11.6 Å². The quantitative estimate of drug-likeness (QED) is 0.529. The summed E-state index contributed by atoms with van der Waals surface area (Å²) in [6.07, 6.45) is 0.360. The number of nitro benzene ring substituents is 1. The van der Waals surface area contributed by atoms with Crippen LogP contribution < -0.4 is 4.90 Å². The van der Waals surface area contributed by atoms with E-state index in [0.29, 0.717) is 6.42 Å². The van der Waals surface area contributed by atoms with Gasteiger partial charge in [0.05, 0.1) is 16.4 Å². The van der Waals surface area contributed by atoms with Gasteiger partial charge in [-0.1, -0.05) is 18.2 Å². The molecule has 1 heterocycles. The molecule has 1 saturated heterocycles. The summed E-state index contributed by atoms with van der Waals surface area (Å²) in [5.41, 5.74) is 1.87. The van der Waals surface area contributed by atoms with Crippen molar-refractivity contribution >= 4 is 27.1 Å². The van der Waals surface area contributed by atoms with Crippen LogP contribution in [0.3, 0.4) is 0 Å². The molecule has 9 heteroatoms. The molecule has 8 nitrogen and oxygen atoms in total. The van der Waals surface area contributed by atoms with Crippen LogP contribution in [0.5, 0.6) is 0 Å². The maximum absolute atomic E-state index is 13.2. The van der Waals surface area contributed by atoms with E-state index < -0.39 is 26.7 Å². The summed E-state index contributed by atoms with van der Waals surface area (Å²) < 4.78 is 24.0. The van der Waals surface area contributed by atoms with Gasteiger partial charge in [0.15, 0.2) is 9.84 Å². The summed E-state index contributed by atoms with van der Waals surface area (Å²) in [7, 11) is 0.657. The molecule has 29 heavy (non-hydrogen) atoms. The molecule has 3 rings (SSSR count). The van der Waals surface area contributed by atoms with Gasteiger partial charge in [-0.25, -0.2) is 8.42 Å². The van der Waals surface area contributed by atoms with Crippen LogP contribution in [0.25, 0.3) is 0 Å². The van der Waals surface area contributed by atoms with Crippen molar-refractivity contribution < 1.29 is 18.1 Å². The molecule has 0 bridgehead atoms. The number of carbonyl (C=O) groups is 1. The van der Waals surface area contributed by atoms with Crippen LogP contribution in [0, 0.1) is 10.1 Å². The number of hydrogen-bond acceptors (Lipinski definition) is 6. The van der Waals surface area contributed by atoms with Crippen LogP contribution in [-0.2, 0) is 16.4 Å². The Morgan fingerprint density at radius 3 is 2.41 bits per heavy atom. The lowest BCUT2D eigenvalue weighted by molar-refractivity contribution is -0.384. The predicted molar refractivity (Wildman–Crippen MR) is 111 cm³/mol. The molecular weight excluding hydrogens is 394 g/mol. The van der Waals surface area contributed by atoms with Crippen LogP contribution in [0.2, 0.25) is 0 Å². The van der Waals surface area contributed by atoms with Gasteiger partial charge >= 0.3 is 0 Å². The molecule has 1 unspecified atom stereocenters. The highest BCUT2D eigenvalue weighted by atomic mass is 32.2. The maximum Gasteiger partial charge on any atom is 0.270 e. The van der Waals surface area contributed by atoms with E-state index in [9.17, 15) is 23.3 Å². The van der Waals surface area contributed by atoms with Crippen molar-refractivity contribution in [2.24, 2.45) is 0 Å². The van der Waals surface area contributed by atoms with Crippen molar-refractivity contribution in [1.29, 1.82) is 0 Å². The molecule has 1 fully saturated rings. The Balaban J connectivity index is 1.91. The van der Waals surface area contributed by atoms with Gasteiger partial charge in [0, 0.05) is 50.1 Å². The molecule has 0 radical (unpaired) electrons. The average molecular weight is 417 g/mol. The Labute approximate surface area is 169 Å². The van der Waals surface area contributed by atoms with Gasteiger partial charge in [0.2, 0.25) is 0 Å². The molecule has 0 N–H and O–H groups in total. The Hall–Kier alpha value is -2.94. The second kappa shape index (κ2) is 8.20. The molecule has 2 aromatic carbocycles. The highest BCUT2D eigenvalue weighted by molar-refractivity contribution is 7.91. The largest absolute Gasteiger partial charge is 0.378 e. The highest BCUT2D eigenvalue weighted by Gasteiger charge is 2.35. The number of hydrogen-bond donors (Lipinski definition) is 0. The monoisotopic (exact) mass is 417 g/mol. The second-order valence-corrected chi connectivity index (χ2v) is 9.59. The minimum absolute atomic E-state index is 0.0377. The Morgan fingerprint density at radius 1 is 1.17 bits per heavy atom.